The van der Waals surface area contributed by atoms with Crippen molar-refractivity contribution in [2.75, 3.05) is 13.1 Å². The summed E-state index contributed by atoms with van der Waals surface area (Å²) in [5, 5.41) is 5.18. The number of para-hydroxylation sites is 2. The lowest BCUT2D eigenvalue weighted by atomic mass is 10.1. The predicted molar refractivity (Wildman–Crippen MR) is 97.7 cm³/mol. The van der Waals surface area contributed by atoms with Crippen molar-refractivity contribution >= 4 is 11.8 Å². The fourth-order valence-corrected chi connectivity index (χ4v) is 2.78. The third kappa shape index (κ3) is 4.98. The molecular formula is C20H19F3N2O4. The summed E-state index contributed by atoms with van der Waals surface area (Å²) in [7, 11) is 0. The summed E-state index contributed by atoms with van der Waals surface area (Å²) in [6, 6.07) is 10.9. The third-order valence-corrected chi connectivity index (χ3v) is 4.28. The monoisotopic (exact) mass is 408 g/mol. The molecule has 3 rings (SSSR count). The van der Waals surface area contributed by atoms with Gasteiger partial charge in [-0.05, 0) is 43.3 Å². The van der Waals surface area contributed by atoms with Gasteiger partial charge in [-0.3, -0.25) is 9.59 Å². The first kappa shape index (κ1) is 20.5. The van der Waals surface area contributed by atoms with Gasteiger partial charge in [-0.2, -0.15) is 13.2 Å². The molecule has 0 radical (unpaired) electrons. The molecule has 1 aliphatic heterocycles. The van der Waals surface area contributed by atoms with E-state index in [9.17, 15) is 22.8 Å². The highest BCUT2D eigenvalue weighted by molar-refractivity contribution is 5.94. The molecule has 1 heterocycles. The number of benzene rings is 2. The quantitative estimate of drug-likeness (QED) is 0.746. The molecule has 154 valence electrons. The Bertz CT molecular complexity index is 884. The second-order valence-corrected chi connectivity index (χ2v) is 6.43. The first-order valence-corrected chi connectivity index (χ1v) is 8.91. The first-order valence-electron chi connectivity index (χ1n) is 8.91. The maximum atomic E-state index is 12.5. The van der Waals surface area contributed by atoms with E-state index in [2.05, 4.69) is 10.6 Å². The molecule has 0 saturated carbocycles. The van der Waals surface area contributed by atoms with E-state index >= 15 is 0 Å². The normalized spacial score (nSPS) is 18.1. The Morgan fingerprint density at radius 3 is 2.14 bits per heavy atom. The van der Waals surface area contributed by atoms with Crippen molar-refractivity contribution in [3.63, 3.8) is 0 Å². The van der Waals surface area contributed by atoms with E-state index < -0.39 is 35.8 Å². The smallest absolute Gasteiger partial charge is 0.416 e. The summed E-state index contributed by atoms with van der Waals surface area (Å²) in [5.41, 5.74) is -0.731. The number of carbonyl (C=O) groups excluding carboxylic acids is 2. The van der Waals surface area contributed by atoms with Crippen LogP contribution in [0.2, 0.25) is 0 Å². The van der Waals surface area contributed by atoms with E-state index in [0.717, 1.165) is 24.3 Å². The average Bonchev–Trinajstić information content (AvgIpc) is 2.69. The van der Waals surface area contributed by atoms with Gasteiger partial charge in [-0.15, -0.1) is 0 Å². The molecule has 0 aliphatic carbocycles. The predicted octanol–water partition coefficient (Wildman–Crippen LogP) is 2.78. The van der Waals surface area contributed by atoms with Crippen LogP contribution in [0.15, 0.2) is 48.5 Å². The topological polar surface area (TPSA) is 76.7 Å². The summed E-state index contributed by atoms with van der Waals surface area (Å²) in [6.07, 6.45) is -5.79. The SMILES string of the molecule is CC1Oc2ccccc2OC1C(=O)NCCNC(=O)c1ccc(C(F)(F)F)cc1. The van der Waals surface area contributed by atoms with Crippen LogP contribution >= 0.6 is 0 Å². The molecular weight excluding hydrogens is 389 g/mol. The summed E-state index contributed by atoms with van der Waals surface area (Å²) in [4.78, 5) is 24.3. The number of hydrogen-bond acceptors (Lipinski definition) is 4. The van der Waals surface area contributed by atoms with Crippen LogP contribution in [-0.4, -0.2) is 37.1 Å². The van der Waals surface area contributed by atoms with Gasteiger partial charge in [0.1, 0.15) is 6.10 Å². The van der Waals surface area contributed by atoms with Crippen LogP contribution in [0.3, 0.4) is 0 Å². The van der Waals surface area contributed by atoms with E-state index in [0.29, 0.717) is 11.5 Å². The van der Waals surface area contributed by atoms with Gasteiger partial charge in [0.05, 0.1) is 5.56 Å². The van der Waals surface area contributed by atoms with Crippen molar-refractivity contribution in [3.05, 3.63) is 59.7 Å². The molecule has 9 heteroatoms. The number of carbonyl (C=O) groups is 2. The minimum atomic E-state index is -4.46. The molecule has 6 nitrogen and oxygen atoms in total. The largest absolute Gasteiger partial charge is 0.482 e. The van der Waals surface area contributed by atoms with Crippen LogP contribution < -0.4 is 20.1 Å². The Hall–Kier alpha value is -3.23. The van der Waals surface area contributed by atoms with Crippen LogP contribution in [0.25, 0.3) is 0 Å². The fourth-order valence-electron chi connectivity index (χ4n) is 2.78. The molecule has 0 spiro atoms. The molecule has 2 atom stereocenters. The number of rotatable bonds is 5. The van der Waals surface area contributed by atoms with Gasteiger partial charge >= 0.3 is 6.18 Å². The molecule has 0 aromatic heterocycles. The second-order valence-electron chi connectivity index (χ2n) is 6.43. The zero-order valence-corrected chi connectivity index (χ0v) is 15.5. The zero-order chi connectivity index (χ0) is 21.0. The molecule has 1 aliphatic rings. The Morgan fingerprint density at radius 2 is 1.52 bits per heavy atom. The Labute approximate surface area is 165 Å². The lowest BCUT2D eigenvalue weighted by Crippen LogP contribution is -2.50. The van der Waals surface area contributed by atoms with Crippen molar-refractivity contribution in [1.82, 2.24) is 10.6 Å². The number of hydrogen-bond donors (Lipinski definition) is 2. The van der Waals surface area contributed by atoms with Gasteiger partial charge in [-0.25, -0.2) is 0 Å². The number of halogens is 3. The molecule has 2 unspecified atom stereocenters. The summed E-state index contributed by atoms with van der Waals surface area (Å²) < 4.78 is 49.0. The van der Waals surface area contributed by atoms with Crippen LogP contribution in [0.4, 0.5) is 13.2 Å². The summed E-state index contributed by atoms with van der Waals surface area (Å²) >= 11 is 0. The van der Waals surface area contributed by atoms with Gasteiger partial charge in [0.2, 0.25) is 6.10 Å². The lowest BCUT2D eigenvalue weighted by molar-refractivity contribution is -0.137. The highest BCUT2D eigenvalue weighted by Crippen LogP contribution is 2.33. The number of fused-ring (bicyclic) bond motifs is 1. The molecule has 2 aromatic rings. The van der Waals surface area contributed by atoms with Crippen molar-refractivity contribution < 1.29 is 32.2 Å². The number of amides is 2. The van der Waals surface area contributed by atoms with Crippen molar-refractivity contribution in [2.24, 2.45) is 0 Å². The van der Waals surface area contributed by atoms with E-state index in [1.54, 1.807) is 31.2 Å². The van der Waals surface area contributed by atoms with Crippen molar-refractivity contribution in [3.8, 4) is 11.5 Å². The molecule has 0 bridgehead atoms. The molecule has 29 heavy (non-hydrogen) atoms. The number of alkyl halides is 3. The van der Waals surface area contributed by atoms with Gasteiger partial charge in [-0.1, -0.05) is 12.1 Å². The highest BCUT2D eigenvalue weighted by atomic mass is 19.4. The molecule has 2 N–H and O–H groups in total. The van der Waals surface area contributed by atoms with Gasteiger partial charge in [0.25, 0.3) is 11.8 Å². The van der Waals surface area contributed by atoms with Crippen LogP contribution in [-0.2, 0) is 11.0 Å². The fraction of sp³-hybridized carbons (Fsp3) is 0.300. The zero-order valence-electron chi connectivity index (χ0n) is 15.5. The summed E-state index contributed by atoms with van der Waals surface area (Å²) in [5.74, 6) is 0.109. The maximum absolute atomic E-state index is 12.5. The maximum Gasteiger partial charge on any atom is 0.416 e. The Kier molecular flexibility index (Phi) is 5.95. The van der Waals surface area contributed by atoms with E-state index in [1.807, 2.05) is 0 Å². The number of nitrogens with one attached hydrogen (secondary N) is 2. The molecule has 2 aromatic carbocycles. The van der Waals surface area contributed by atoms with Crippen LogP contribution in [0, 0.1) is 0 Å². The molecule has 0 saturated heterocycles. The summed E-state index contributed by atoms with van der Waals surface area (Å²) in [6.45, 7) is 1.94. The second kappa shape index (κ2) is 8.42. The molecule has 0 fully saturated rings. The third-order valence-electron chi connectivity index (χ3n) is 4.28. The Balaban J connectivity index is 1.45. The van der Waals surface area contributed by atoms with Crippen LogP contribution in [0.1, 0.15) is 22.8 Å². The van der Waals surface area contributed by atoms with Gasteiger partial charge in [0.15, 0.2) is 11.5 Å². The minimum absolute atomic E-state index is 0.0959. The standard InChI is InChI=1S/C20H19F3N2O4/c1-12-17(29-16-5-3-2-4-15(16)28-12)19(27)25-11-10-24-18(26)13-6-8-14(9-7-13)20(21,22)23/h2-9,12,17H,10-11H2,1H3,(H,24,26)(H,25,27). The van der Waals surface area contributed by atoms with Crippen molar-refractivity contribution in [1.29, 1.82) is 0 Å². The average molecular weight is 408 g/mol. The van der Waals surface area contributed by atoms with Gasteiger partial charge in [0, 0.05) is 18.7 Å². The number of ether oxygens (including phenoxy) is 2. The highest BCUT2D eigenvalue weighted by Gasteiger charge is 2.33. The van der Waals surface area contributed by atoms with Crippen LogP contribution in [0.5, 0.6) is 11.5 Å². The Morgan fingerprint density at radius 1 is 0.931 bits per heavy atom. The lowest BCUT2D eigenvalue weighted by Gasteiger charge is -2.31. The van der Waals surface area contributed by atoms with E-state index in [1.165, 1.54) is 0 Å². The van der Waals surface area contributed by atoms with Crippen molar-refractivity contribution in [2.45, 2.75) is 25.3 Å². The first-order chi connectivity index (χ1) is 13.8. The van der Waals surface area contributed by atoms with Gasteiger partial charge < -0.3 is 20.1 Å². The molecule has 2 amide bonds. The van der Waals surface area contributed by atoms with E-state index in [4.69, 9.17) is 9.47 Å². The van der Waals surface area contributed by atoms with E-state index in [-0.39, 0.29) is 18.7 Å². The minimum Gasteiger partial charge on any atom is -0.482 e.